The molecule has 1 aromatic carbocycles. The highest BCUT2D eigenvalue weighted by molar-refractivity contribution is 5.80. The van der Waals surface area contributed by atoms with Gasteiger partial charge in [-0.1, -0.05) is 43.7 Å². The first-order valence-electron chi connectivity index (χ1n) is 8.30. The van der Waals surface area contributed by atoms with Crippen LogP contribution in [-0.4, -0.2) is 43.9 Å². The van der Waals surface area contributed by atoms with Gasteiger partial charge >= 0.3 is 0 Å². The van der Waals surface area contributed by atoms with Crippen molar-refractivity contribution in [1.82, 2.24) is 25.5 Å². The largest absolute Gasteiger partial charge is 0.396 e. The summed E-state index contributed by atoms with van der Waals surface area (Å²) >= 11 is 0. The fourth-order valence-corrected chi connectivity index (χ4v) is 3.16. The standard InChI is InChI=1S/C17H23N5O2/c1-12(16(24)18-14-9-6-10-17(14,2)11-23)22-20-15(19-21-22)13-7-4-3-5-8-13/h3-5,7-8,12,14,23H,6,9-11H2,1-2H3,(H,18,24). The quantitative estimate of drug-likeness (QED) is 0.868. The Morgan fingerprint density at radius 3 is 2.92 bits per heavy atom. The zero-order valence-electron chi connectivity index (χ0n) is 14.0. The Labute approximate surface area is 141 Å². The number of aliphatic hydroxyl groups excluding tert-OH is 1. The predicted molar refractivity (Wildman–Crippen MR) is 88.9 cm³/mol. The Morgan fingerprint density at radius 1 is 1.46 bits per heavy atom. The van der Waals surface area contributed by atoms with Crippen molar-refractivity contribution in [1.29, 1.82) is 0 Å². The zero-order valence-corrected chi connectivity index (χ0v) is 14.0. The molecule has 128 valence electrons. The third-order valence-corrected chi connectivity index (χ3v) is 4.95. The number of carbonyl (C=O) groups excluding carboxylic acids is 1. The van der Waals surface area contributed by atoms with Crippen LogP contribution in [-0.2, 0) is 4.79 Å². The molecular formula is C17H23N5O2. The van der Waals surface area contributed by atoms with Crippen LogP contribution in [0.1, 0.15) is 39.2 Å². The topological polar surface area (TPSA) is 92.9 Å². The van der Waals surface area contributed by atoms with Crippen molar-refractivity contribution in [3.05, 3.63) is 30.3 Å². The van der Waals surface area contributed by atoms with Gasteiger partial charge < -0.3 is 10.4 Å². The number of rotatable bonds is 5. The lowest BCUT2D eigenvalue weighted by Crippen LogP contribution is -2.47. The van der Waals surface area contributed by atoms with E-state index in [0.717, 1.165) is 24.8 Å². The van der Waals surface area contributed by atoms with Crippen molar-refractivity contribution < 1.29 is 9.90 Å². The Balaban J connectivity index is 1.69. The number of aromatic nitrogens is 4. The molecule has 1 amide bonds. The average molecular weight is 329 g/mol. The maximum atomic E-state index is 12.5. The lowest BCUT2D eigenvalue weighted by molar-refractivity contribution is -0.126. The first kappa shape index (κ1) is 16.6. The summed E-state index contributed by atoms with van der Waals surface area (Å²) in [5.41, 5.74) is 0.611. The normalized spacial score (nSPS) is 24.7. The Hall–Kier alpha value is -2.28. The van der Waals surface area contributed by atoms with Crippen LogP contribution in [0, 0.1) is 5.41 Å². The molecule has 3 atom stereocenters. The average Bonchev–Trinajstić information content (AvgIpc) is 3.23. The van der Waals surface area contributed by atoms with Gasteiger partial charge in [0, 0.05) is 17.0 Å². The number of carbonyl (C=O) groups is 1. The van der Waals surface area contributed by atoms with Gasteiger partial charge in [0.15, 0.2) is 0 Å². The summed E-state index contributed by atoms with van der Waals surface area (Å²) in [6.07, 6.45) is 2.81. The zero-order chi connectivity index (χ0) is 17.2. The van der Waals surface area contributed by atoms with E-state index in [9.17, 15) is 9.90 Å². The molecule has 0 bridgehead atoms. The van der Waals surface area contributed by atoms with E-state index in [1.165, 1.54) is 4.80 Å². The highest BCUT2D eigenvalue weighted by Gasteiger charge is 2.39. The van der Waals surface area contributed by atoms with Crippen molar-refractivity contribution in [2.75, 3.05) is 6.61 Å². The molecular weight excluding hydrogens is 306 g/mol. The molecule has 2 N–H and O–H groups in total. The second kappa shape index (κ2) is 6.68. The monoisotopic (exact) mass is 329 g/mol. The second-order valence-electron chi connectivity index (χ2n) is 6.74. The molecule has 1 fully saturated rings. The summed E-state index contributed by atoms with van der Waals surface area (Å²) in [5, 5.41) is 25.0. The molecule has 1 heterocycles. The highest BCUT2D eigenvalue weighted by Crippen LogP contribution is 2.37. The number of aliphatic hydroxyl groups is 1. The number of nitrogens with zero attached hydrogens (tertiary/aromatic N) is 4. The van der Waals surface area contributed by atoms with Gasteiger partial charge in [0.05, 0.1) is 6.61 Å². The maximum Gasteiger partial charge on any atom is 0.246 e. The van der Waals surface area contributed by atoms with Crippen LogP contribution in [0.2, 0.25) is 0 Å². The number of nitrogens with one attached hydrogen (secondary N) is 1. The van der Waals surface area contributed by atoms with E-state index in [0.29, 0.717) is 5.82 Å². The molecule has 7 nitrogen and oxygen atoms in total. The van der Waals surface area contributed by atoms with Crippen molar-refractivity contribution in [3.8, 4) is 11.4 Å². The van der Waals surface area contributed by atoms with Gasteiger partial charge in [0.2, 0.25) is 11.7 Å². The van der Waals surface area contributed by atoms with E-state index in [2.05, 4.69) is 20.7 Å². The molecule has 0 radical (unpaired) electrons. The van der Waals surface area contributed by atoms with E-state index in [1.54, 1.807) is 6.92 Å². The lowest BCUT2D eigenvalue weighted by atomic mass is 9.85. The molecule has 1 saturated carbocycles. The highest BCUT2D eigenvalue weighted by atomic mass is 16.3. The third-order valence-electron chi connectivity index (χ3n) is 4.95. The fraction of sp³-hybridized carbons (Fsp3) is 0.529. The second-order valence-corrected chi connectivity index (χ2v) is 6.74. The molecule has 7 heteroatoms. The van der Waals surface area contributed by atoms with Crippen LogP contribution < -0.4 is 5.32 Å². The summed E-state index contributed by atoms with van der Waals surface area (Å²) in [5.74, 6) is 0.342. The van der Waals surface area contributed by atoms with Gasteiger partial charge in [-0.25, -0.2) is 0 Å². The first-order valence-corrected chi connectivity index (χ1v) is 8.30. The van der Waals surface area contributed by atoms with Crippen LogP contribution >= 0.6 is 0 Å². The van der Waals surface area contributed by atoms with Crippen LogP contribution in [0.25, 0.3) is 11.4 Å². The molecule has 24 heavy (non-hydrogen) atoms. The molecule has 1 aliphatic carbocycles. The summed E-state index contributed by atoms with van der Waals surface area (Å²) in [4.78, 5) is 13.9. The minimum absolute atomic E-state index is 0.0189. The van der Waals surface area contributed by atoms with E-state index in [-0.39, 0.29) is 24.0 Å². The van der Waals surface area contributed by atoms with Crippen LogP contribution in [0.15, 0.2) is 30.3 Å². The third kappa shape index (κ3) is 3.17. The lowest BCUT2D eigenvalue weighted by Gasteiger charge is -2.30. The van der Waals surface area contributed by atoms with Crippen LogP contribution in [0.3, 0.4) is 0 Å². The molecule has 1 aliphatic rings. The molecule has 2 aromatic rings. The van der Waals surface area contributed by atoms with E-state index < -0.39 is 6.04 Å². The van der Waals surface area contributed by atoms with Gasteiger partial charge in [-0.2, -0.15) is 4.80 Å². The maximum absolute atomic E-state index is 12.5. The van der Waals surface area contributed by atoms with Crippen molar-refractivity contribution in [2.45, 2.75) is 45.2 Å². The smallest absolute Gasteiger partial charge is 0.246 e. The number of amides is 1. The SMILES string of the molecule is CC(C(=O)NC1CCCC1(C)CO)n1nnc(-c2ccccc2)n1. The van der Waals surface area contributed by atoms with Crippen LogP contribution in [0.4, 0.5) is 0 Å². The van der Waals surface area contributed by atoms with Gasteiger partial charge in [-0.3, -0.25) is 4.79 Å². The minimum atomic E-state index is -0.557. The molecule has 1 aromatic heterocycles. The number of tetrazole rings is 1. The minimum Gasteiger partial charge on any atom is -0.396 e. The molecule has 0 aliphatic heterocycles. The Bertz CT molecular complexity index is 702. The van der Waals surface area contributed by atoms with Gasteiger partial charge in [-0.05, 0) is 25.0 Å². The summed E-state index contributed by atoms with van der Waals surface area (Å²) < 4.78 is 0. The molecule has 0 spiro atoms. The van der Waals surface area contributed by atoms with Gasteiger partial charge in [-0.15, -0.1) is 10.2 Å². The first-order chi connectivity index (χ1) is 11.5. The van der Waals surface area contributed by atoms with Crippen molar-refractivity contribution in [3.63, 3.8) is 0 Å². The molecule has 3 unspecified atom stereocenters. The summed E-state index contributed by atoms with van der Waals surface area (Å²) in [6.45, 7) is 3.83. The van der Waals surface area contributed by atoms with Crippen molar-refractivity contribution >= 4 is 5.91 Å². The fourth-order valence-electron chi connectivity index (χ4n) is 3.16. The van der Waals surface area contributed by atoms with E-state index >= 15 is 0 Å². The number of hydrogen-bond donors (Lipinski definition) is 2. The Kier molecular flexibility index (Phi) is 4.62. The van der Waals surface area contributed by atoms with E-state index in [1.807, 2.05) is 37.3 Å². The van der Waals surface area contributed by atoms with E-state index in [4.69, 9.17) is 0 Å². The van der Waals surface area contributed by atoms with Gasteiger partial charge in [0.1, 0.15) is 6.04 Å². The number of benzene rings is 1. The van der Waals surface area contributed by atoms with Gasteiger partial charge in [0.25, 0.3) is 0 Å². The summed E-state index contributed by atoms with van der Waals surface area (Å²) in [7, 11) is 0. The van der Waals surface area contributed by atoms with Crippen LogP contribution in [0.5, 0.6) is 0 Å². The number of hydrogen-bond acceptors (Lipinski definition) is 5. The van der Waals surface area contributed by atoms with Crippen molar-refractivity contribution in [2.24, 2.45) is 5.41 Å². The molecule has 3 rings (SSSR count). The summed E-state index contributed by atoms with van der Waals surface area (Å²) in [6, 6.07) is 8.95. The predicted octanol–water partition coefficient (Wildman–Crippen LogP) is 1.57. The Morgan fingerprint density at radius 2 is 2.21 bits per heavy atom. The molecule has 0 saturated heterocycles.